The summed E-state index contributed by atoms with van der Waals surface area (Å²) in [5, 5.41) is 13.6. The van der Waals surface area contributed by atoms with Crippen LogP contribution in [0.5, 0.6) is 0 Å². The topological polar surface area (TPSA) is 91.3 Å². The summed E-state index contributed by atoms with van der Waals surface area (Å²) in [6.45, 7) is 6.42. The second kappa shape index (κ2) is 16.0. The number of hydrogen-bond donors (Lipinski definition) is 3. The standard InChI is InChI=1S/C37H46N6O2/c1-3-4-5-6-13-21-38-37(45)41-34-28(2)26-32(43-23-14-22-39-43)27-33(34)36(44)40-31-19-24-42(25-20-31)35(29-15-9-7-10-16-29)30-17-11-8-12-18-30/h7-12,14-18,22-23,26-27,31,35H,3-6,13,19-21,24-25H2,1-2H3,(H,40,44)(H2,38,41,45). The molecule has 0 bridgehead atoms. The Morgan fingerprint density at radius 3 is 2.18 bits per heavy atom. The molecule has 0 atom stereocenters. The van der Waals surface area contributed by atoms with Crippen LogP contribution in [0.25, 0.3) is 5.69 Å². The quantitative estimate of drug-likeness (QED) is 0.140. The fourth-order valence-corrected chi connectivity index (χ4v) is 6.21. The maximum atomic E-state index is 13.9. The van der Waals surface area contributed by atoms with Crippen molar-refractivity contribution in [3.63, 3.8) is 0 Å². The zero-order chi connectivity index (χ0) is 31.4. The van der Waals surface area contributed by atoms with Gasteiger partial charge in [0.15, 0.2) is 0 Å². The van der Waals surface area contributed by atoms with Gasteiger partial charge in [0.2, 0.25) is 0 Å². The van der Waals surface area contributed by atoms with Crippen LogP contribution in [0.15, 0.2) is 91.3 Å². The Morgan fingerprint density at radius 2 is 1.56 bits per heavy atom. The zero-order valence-corrected chi connectivity index (χ0v) is 26.5. The van der Waals surface area contributed by atoms with Crippen LogP contribution in [0.3, 0.4) is 0 Å². The van der Waals surface area contributed by atoms with Gasteiger partial charge in [-0.15, -0.1) is 0 Å². The molecule has 5 rings (SSSR count). The summed E-state index contributed by atoms with van der Waals surface area (Å²) >= 11 is 0. The summed E-state index contributed by atoms with van der Waals surface area (Å²) < 4.78 is 1.73. The van der Waals surface area contributed by atoms with Gasteiger partial charge in [-0.25, -0.2) is 9.48 Å². The van der Waals surface area contributed by atoms with Crippen LogP contribution in [0.2, 0.25) is 0 Å². The third kappa shape index (κ3) is 8.60. The van der Waals surface area contributed by atoms with E-state index in [0.29, 0.717) is 17.8 Å². The van der Waals surface area contributed by atoms with E-state index in [2.05, 4.69) is 93.5 Å². The molecule has 0 aliphatic carbocycles. The Hall–Kier alpha value is -4.43. The van der Waals surface area contributed by atoms with Gasteiger partial charge in [-0.05, 0) is 61.1 Å². The van der Waals surface area contributed by atoms with Crippen molar-refractivity contribution >= 4 is 17.6 Å². The summed E-state index contributed by atoms with van der Waals surface area (Å²) in [4.78, 5) is 29.3. The Bertz CT molecular complexity index is 1460. The number of aromatic nitrogens is 2. The van der Waals surface area contributed by atoms with Gasteiger partial charge < -0.3 is 16.0 Å². The molecule has 0 radical (unpaired) electrons. The predicted octanol–water partition coefficient (Wildman–Crippen LogP) is 7.26. The number of nitrogens with one attached hydrogen (secondary N) is 3. The monoisotopic (exact) mass is 606 g/mol. The molecule has 0 saturated carbocycles. The Labute approximate surface area is 267 Å². The molecular weight excluding hydrogens is 560 g/mol. The van der Waals surface area contributed by atoms with E-state index in [-0.39, 0.29) is 24.0 Å². The highest BCUT2D eigenvalue weighted by atomic mass is 16.2. The molecule has 45 heavy (non-hydrogen) atoms. The van der Waals surface area contributed by atoms with Crippen LogP contribution in [-0.4, -0.2) is 52.3 Å². The lowest BCUT2D eigenvalue weighted by Crippen LogP contribution is -2.46. The van der Waals surface area contributed by atoms with Gasteiger partial charge in [-0.1, -0.05) is 93.3 Å². The number of benzene rings is 3. The fourth-order valence-electron chi connectivity index (χ4n) is 6.21. The highest BCUT2D eigenvalue weighted by Gasteiger charge is 2.29. The number of aryl methyl sites for hydroxylation is 1. The van der Waals surface area contributed by atoms with Gasteiger partial charge in [0.05, 0.1) is 23.0 Å². The van der Waals surface area contributed by atoms with Crippen LogP contribution in [0.1, 0.15) is 85.0 Å². The van der Waals surface area contributed by atoms with Crippen molar-refractivity contribution in [2.24, 2.45) is 0 Å². The lowest BCUT2D eigenvalue weighted by Gasteiger charge is -2.38. The number of nitrogens with zero attached hydrogens (tertiary/aromatic N) is 3. The lowest BCUT2D eigenvalue weighted by molar-refractivity contribution is 0.0901. The normalized spacial score (nSPS) is 13.9. The summed E-state index contributed by atoms with van der Waals surface area (Å²) in [5.41, 5.74) is 5.08. The van der Waals surface area contributed by atoms with Gasteiger partial charge in [0.25, 0.3) is 5.91 Å². The van der Waals surface area contributed by atoms with Crippen molar-refractivity contribution in [2.45, 2.75) is 70.9 Å². The van der Waals surface area contributed by atoms with Gasteiger partial charge in [-0.3, -0.25) is 9.69 Å². The molecule has 3 amide bonds. The van der Waals surface area contributed by atoms with Crippen molar-refractivity contribution in [3.8, 4) is 5.69 Å². The van der Waals surface area contributed by atoms with Gasteiger partial charge in [0, 0.05) is 38.1 Å². The molecule has 8 nitrogen and oxygen atoms in total. The number of amides is 3. The summed E-state index contributed by atoms with van der Waals surface area (Å²) in [7, 11) is 0. The molecule has 8 heteroatoms. The van der Waals surface area contributed by atoms with E-state index in [1.54, 1.807) is 10.9 Å². The molecule has 3 aromatic carbocycles. The molecule has 1 fully saturated rings. The predicted molar refractivity (Wildman–Crippen MR) is 181 cm³/mol. The van der Waals surface area contributed by atoms with Gasteiger partial charge in [0.1, 0.15) is 0 Å². The average molecular weight is 607 g/mol. The molecule has 0 unspecified atom stereocenters. The van der Waals surface area contributed by atoms with Crippen molar-refractivity contribution in [1.82, 2.24) is 25.3 Å². The van der Waals surface area contributed by atoms with Crippen LogP contribution in [0.4, 0.5) is 10.5 Å². The van der Waals surface area contributed by atoms with Crippen molar-refractivity contribution < 1.29 is 9.59 Å². The second-order valence-corrected chi connectivity index (χ2v) is 11.9. The van der Waals surface area contributed by atoms with Crippen LogP contribution in [0, 0.1) is 6.92 Å². The molecular formula is C37H46N6O2. The largest absolute Gasteiger partial charge is 0.349 e. The molecule has 4 aromatic rings. The van der Waals surface area contributed by atoms with E-state index in [1.807, 2.05) is 31.3 Å². The lowest BCUT2D eigenvalue weighted by atomic mass is 9.94. The van der Waals surface area contributed by atoms with E-state index in [0.717, 1.165) is 50.0 Å². The fraction of sp³-hybridized carbons (Fsp3) is 0.378. The number of unbranched alkanes of at least 4 members (excludes halogenated alkanes) is 4. The zero-order valence-electron chi connectivity index (χ0n) is 26.5. The summed E-state index contributed by atoms with van der Waals surface area (Å²) in [6.07, 6.45) is 10.8. The van der Waals surface area contributed by atoms with Crippen molar-refractivity contribution in [2.75, 3.05) is 25.0 Å². The summed E-state index contributed by atoms with van der Waals surface area (Å²) in [5.74, 6) is -0.192. The minimum atomic E-state index is -0.296. The smallest absolute Gasteiger partial charge is 0.319 e. The average Bonchev–Trinajstić information content (AvgIpc) is 3.61. The molecule has 1 aliphatic rings. The van der Waals surface area contributed by atoms with E-state index in [9.17, 15) is 9.59 Å². The van der Waals surface area contributed by atoms with Gasteiger partial charge in [-0.2, -0.15) is 5.10 Å². The maximum absolute atomic E-state index is 13.9. The minimum absolute atomic E-state index is 0.0272. The number of anilines is 1. The second-order valence-electron chi connectivity index (χ2n) is 11.9. The number of likely N-dealkylation sites (tertiary alicyclic amines) is 1. The number of rotatable bonds is 13. The van der Waals surface area contributed by atoms with E-state index < -0.39 is 0 Å². The molecule has 2 heterocycles. The highest BCUT2D eigenvalue weighted by Crippen LogP contribution is 2.31. The van der Waals surface area contributed by atoms with Crippen LogP contribution >= 0.6 is 0 Å². The Balaban J connectivity index is 1.27. The number of hydrogen-bond acceptors (Lipinski definition) is 4. The molecule has 1 aromatic heterocycles. The van der Waals surface area contributed by atoms with Crippen LogP contribution < -0.4 is 16.0 Å². The third-order valence-electron chi connectivity index (χ3n) is 8.60. The first kappa shape index (κ1) is 32.0. The molecule has 1 saturated heterocycles. The first-order chi connectivity index (χ1) is 22.0. The van der Waals surface area contributed by atoms with E-state index >= 15 is 0 Å². The van der Waals surface area contributed by atoms with Crippen LogP contribution in [-0.2, 0) is 0 Å². The minimum Gasteiger partial charge on any atom is -0.349 e. The molecule has 3 N–H and O–H groups in total. The number of urea groups is 1. The first-order valence-electron chi connectivity index (χ1n) is 16.4. The SMILES string of the molecule is CCCCCCCNC(=O)Nc1c(C)cc(-n2cccn2)cc1C(=O)NC1CCN(C(c2ccccc2)c2ccccc2)CC1. The summed E-state index contributed by atoms with van der Waals surface area (Å²) in [6, 6.07) is 26.7. The first-order valence-corrected chi connectivity index (χ1v) is 16.4. The molecule has 236 valence electrons. The third-order valence-corrected chi connectivity index (χ3v) is 8.60. The Kier molecular flexibility index (Phi) is 11.4. The molecule has 1 aliphatic heterocycles. The number of piperidine rings is 1. The number of carbonyl (C=O) groups excluding carboxylic acids is 2. The Morgan fingerprint density at radius 1 is 0.889 bits per heavy atom. The highest BCUT2D eigenvalue weighted by molar-refractivity contribution is 6.05. The molecule has 0 spiro atoms. The van der Waals surface area contributed by atoms with E-state index in [1.165, 1.54) is 30.4 Å². The maximum Gasteiger partial charge on any atom is 0.319 e. The van der Waals surface area contributed by atoms with Crippen molar-refractivity contribution in [3.05, 3.63) is 114 Å². The van der Waals surface area contributed by atoms with Gasteiger partial charge >= 0.3 is 6.03 Å². The number of carbonyl (C=O) groups is 2. The van der Waals surface area contributed by atoms with E-state index in [4.69, 9.17) is 0 Å². The van der Waals surface area contributed by atoms with Crippen molar-refractivity contribution in [1.29, 1.82) is 0 Å².